The van der Waals surface area contributed by atoms with Crippen LogP contribution < -0.4 is 5.32 Å². The molecule has 0 fully saturated rings. The molecule has 6 rings (SSSR count). The van der Waals surface area contributed by atoms with Crippen molar-refractivity contribution < 1.29 is 4.79 Å². The first kappa shape index (κ1) is 21.7. The Bertz CT molecular complexity index is 1480. The first-order valence-electron chi connectivity index (χ1n) is 12.0. The minimum atomic E-state index is -0.0886. The van der Waals surface area contributed by atoms with Crippen molar-refractivity contribution in [1.82, 2.24) is 19.9 Å². The van der Waals surface area contributed by atoms with Crippen LogP contribution in [0.15, 0.2) is 91.3 Å². The molecule has 0 radical (unpaired) electrons. The summed E-state index contributed by atoms with van der Waals surface area (Å²) in [5.74, 6) is 0.145. The fourth-order valence-corrected chi connectivity index (χ4v) is 5.99. The molecule has 0 saturated heterocycles. The number of hydrogen-bond donors (Lipinski definition) is 1. The van der Waals surface area contributed by atoms with Gasteiger partial charge < -0.3 is 9.88 Å². The zero-order chi connectivity index (χ0) is 23.6. The minimum Gasteiger partial charge on any atom is -0.352 e. The van der Waals surface area contributed by atoms with Crippen LogP contribution in [-0.4, -0.2) is 20.4 Å². The van der Waals surface area contributed by atoms with E-state index in [2.05, 4.69) is 63.4 Å². The van der Waals surface area contributed by atoms with Gasteiger partial charge in [0.1, 0.15) is 0 Å². The number of thiazole rings is 1. The maximum atomic E-state index is 13.2. The number of imidazole rings is 1. The van der Waals surface area contributed by atoms with Crippen molar-refractivity contribution in [1.29, 1.82) is 0 Å². The summed E-state index contributed by atoms with van der Waals surface area (Å²) in [5.41, 5.74) is 5.46. The van der Waals surface area contributed by atoms with Gasteiger partial charge in [-0.15, -0.1) is 11.3 Å². The van der Waals surface area contributed by atoms with Crippen molar-refractivity contribution in [3.05, 3.63) is 107 Å². The van der Waals surface area contributed by atoms with Gasteiger partial charge in [0, 0.05) is 19.0 Å². The van der Waals surface area contributed by atoms with Gasteiger partial charge in [0.15, 0.2) is 0 Å². The Kier molecular flexibility index (Phi) is 5.88. The van der Waals surface area contributed by atoms with Crippen molar-refractivity contribution in [2.45, 2.75) is 31.8 Å². The average Bonchev–Trinajstić information content (AvgIpc) is 3.52. The normalized spacial score (nSPS) is 17.7. The molecule has 1 amide bonds. The third kappa shape index (κ3) is 4.49. The second-order valence-corrected chi connectivity index (χ2v) is 10.1. The molecule has 1 aliphatic rings. The summed E-state index contributed by atoms with van der Waals surface area (Å²) in [6.45, 7) is 1.30. The molecule has 5 aromatic rings. The summed E-state index contributed by atoms with van der Waals surface area (Å²) in [7, 11) is 0. The number of nitrogens with zero attached hydrogens (tertiary/aromatic N) is 3. The number of benzene rings is 3. The number of hydrogen-bond acceptors (Lipinski definition) is 4. The van der Waals surface area contributed by atoms with Gasteiger partial charge in [0.2, 0.25) is 5.91 Å². The molecule has 0 bridgehead atoms. The van der Waals surface area contributed by atoms with E-state index in [9.17, 15) is 4.79 Å². The highest BCUT2D eigenvalue weighted by Gasteiger charge is 2.32. The molecular weight excluding hydrogens is 452 g/mol. The summed E-state index contributed by atoms with van der Waals surface area (Å²) in [6, 6.07) is 24.8. The van der Waals surface area contributed by atoms with Crippen LogP contribution >= 0.6 is 11.3 Å². The number of carbonyl (C=O) groups excluding carboxylic acids is 1. The number of rotatable bonds is 6. The topological polar surface area (TPSA) is 59.8 Å². The van der Waals surface area contributed by atoms with Crippen LogP contribution in [0, 0.1) is 5.92 Å². The van der Waals surface area contributed by atoms with Gasteiger partial charge in [-0.05, 0) is 48.2 Å². The van der Waals surface area contributed by atoms with Gasteiger partial charge in [0.25, 0.3) is 0 Å². The van der Waals surface area contributed by atoms with Crippen molar-refractivity contribution >= 4 is 38.5 Å². The maximum Gasteiger partial charge on any atom is 0.224 e. The lowest BCUT2D eigenvalue weighted by Crippen LogP contribution is -2.34. The van der Waals surface area contributed by atoms with Crippen LogP contribution in [0.3, 0.4) is 0 Å². The minimum absolute atomic E-state index is 0.0886. The summed E-state index contributed by atoms with van der Waals surface area (Å²) >= 11 is 1.71. The van der Waals surface area contributed by atoms with Gasteiger partial charge in [-0.25, -0.2) is 9.97 Å². The van der Waals surface area contributed by atoms with Crippen molar-refractivity contribution in [3.8, 4) is 0 Å². The van der Waals surface area contributed by atoms with Gasteiger partial charge in [0.05, 0.1) is 38.5 Å². The highest BCUT2D eigenvalue weighted by atomic mass is 32.1. The van der Waals surface area contributed by atoms with E-state index in [0.717, 1.165) is 46.5 Å². The van der Waals surface area contributed by atoms with Crippen LogP contribution in [0.1, 0.15) is 34.9 Å². The molecule has 5 nitrogen and oxygen atoms in total. The molecular formula is C29H26N4OS. The first-order chi connectivity index (χ1) is 17.2. The largest absolute Gasteiger partial charge is 0.352 e. The molecule has 2 atom stereocenters. The summed E-state index contributed by atoms with van der Waals surface area (Å²) in [6.07, 6.45) is 7.81. The summed E-state index contributed by atoms with van der Waals surface area (Å²) in [5, 5.41) is 4.24. The molecule has 0 saturated carbocycles. The number of para-hydroxylation sites is 3. The molecule has 2 heterocycles. The smallest absolute Gasteiger partial charge is 0.224 e. The predicted octanol–water partition coefficient (Wildman–Crippen LogP) is 6.06. The monoisotopic (exact) mass is 478 g/mol. The van der Waals surface area contributed by atoms with E-state index in [-0.39, 0.29) is 17.7 Å². The van der Waals surface area contributed by atoms with Crippen LogP contribution in [0.2, 0.25) is 0 Å². The number of carbonyl (C=O) groups is 1. The fraction of sp³-hybridized carbons (Fsp3) is 0.207. The standard InChI is InChI=1S/C29H26N4OS/c34-28(22-7-1-2-8-23(22)29-32-25-10-4-6-12-27(25)35-29)30-17-20-13-15-21(16-14-20)18-33-19-31-24-9-3-5-11-26(24)33/h1-6,9-16,19,22-23H,7-8,17-18H2,(H,30,34). The highest BCUT2D eigenvalue weighted by molar-refractivity contribution is 7.18. The lowest BCUT2D eigenvalue weighted by Gasteiger charge is -2.26. The van der Waals surface area contributed by atoms with E-state index in [1.165, 1.54) is 10.3 Å². The zero-order valence-corrected chi connectivity index (χ0v) is 20.1. The lowest BCUT2D eigenvalue weighted by molar-refractivity contribution is -0.125. The van der Waals surface area contributed by atoms with Gasteiger partial charge >= 0.3 is 0 Å². The first-order valence-corrected chi connectivity index (χ1v) is 12.8. The summed E-state index contributed by atoms with van der Waals surface area (Å²) in [4.78, 5) is 22.5. The second-order valence-electron chi connectivity index (χ2n) is 9.07. The van der Waals surface area contributed by atoms with Crippen LogP contribution in [0.25, 0.3) is 21.3 Å². The van der Waals surface area contributed by atoms with Crippen molar-refractivity contribution in [2.75, 3.05) is 0 Å². The summed E-state index contributed by atoms with van der Waals surface area (Å²) < 4.78 is 3.34. The second kappa shape index (κ2) is 9.47. The molecule has 2 aromatic heterocycles. The molecule has 174 valence electrons. The number of amides is 1. The zero-order valence-electron chi connectivity index (χ0n) is 19.3. The predicted molar refractivity (Wildman–Crippen MR) is 141 cm³/mol. The van der Waals surface area contributed by atoms with Crippen molar-refractivity contribution in [2.24, 2.45) is 5.92 Å². The maximum absolute atomic E-state index is 13.2. The van der Waals surface area contributed by atoms with Crippen LogP contribution in [-0.2, 0) is 17.9 Å². The van der Waals surface area contributed by atoms with Crippen LogP contribution in [0.5, 0.6) is 0 Å². The van der Waals surface area contributed by atoms with Gasteiger partial charge in [-0.1, -0.05) is 60.7 Å². The number of aromatic nitrogens is 3. The molecule has 0 aliphatic heterocycles. The molecule has 2 unspecified atom stereocenters. The van der Waals surface area contributed by atoms with E-state index in [0.29, 0.717) is 6.54 Å². The van der Waals surface area contributed by atoms with E-state index < -0.39 is 0 Å². The van der Waals surface area contributed by atoms with Gasteiger partial charge in [-0.3, -0.25) is 4.79 Å². The number of allylic oxidation sites excluding steroid dienone is 2. The Morgan fingerprint density at radius 1 is 0.914 bits per heavy atom. The number of fused-ring (bicyclic) bond motifs is 2. The van der Waals surface area contributed by atoms with Gasteiger partial charge in [-0.2, -0.15) is 0 Å². The van der Waals surface area contributed by atoms with Crippen LogP contribution in [0.4, 0.5) is 0 Å². The molecule has 1 aliphatic carbocycles. The van der Waals surface area contributed by atoms with Crippen molar-refractivity contribution in [3.63, 3.8) is 0 Å². The Balaban J connectivity index is 1.11. The Hall–Kier alpha value is -3.77. The third-order valence-corrected chi connectivity index (χ3v) is 7.94. The average molecular weight is 479 g/mol. The molecule has 3 aromatic carbocycles. The Labute approximate surface area is 208 Å². The fourth-order valence-electron chi connectivity index (χ4n) is 4.84. The lowest BCUT2D eigenvalue weighted by atomic mass is 9.82. The van der Waals surface area contributed by atoms with E-state index in [1.807, 2.05) is 42.7 Å². The quantitative estimate of drug-likeness (QED) is 0.302. The molecule has 1 N–H and O–H groups in total. The van der Waals surface area contributed by atoms with E-state index in [4.69, 9.17) is 4.98 Å². The third-order valence-electron chi connectivity index (χ3n) is 6.77. The Morgan fingerprint density at radius 3 is 2.51 bits per heavy atom. The SMILES string of the molecule is O=C(NCc1ccc(Cn2cnc3ccccc32)cc1)C1CC=CCC1c1nc2ccccc2s1. The Morgan fingerprint density at radius 2 is 1.66 bits per heavy atom. The van der Waals surface area contributed by atoms with E-state index >= 15 is 0 Å². The molecule has 6 heteroatoms. The molecule has 35 heavy (non-hydrogen) atoms. The molecule has 0 spiro atoms. The van der Waals surface area contributed by atoms with E-state index in [1.54, 1.807) is 11.3 Å². The highest BCUT2D eigenvalue weighted by Crippen LogP contribution is 2.38. The number of nitrogens with one attached hydrogen (secondary N) is 1.